The smallest absolute Gasteiger partial charge is 0.326 e. The summed E-state index contributed by atoms with van der Waals surface area (Å²) in [4.78, 5) is 33.9. The highest BCUT2D eigenvalue weighted by atomic mass is 16.6. The topological polar surface area (TPSA) is 119 Å². The molecule has 0 bridgehead atoms. The lowest BCUT2D eigenvalue weighted by molar-refractivity contribution is -0.385. The summed E-state index contributed by atoms with van der Waals surface area (Å²) >= 11 is 0. The number of carbonyl (C=O) groups excluding carboxylic acids is 1. The van der Waals surface area contributed by atoms with E-state index in [4.69, 9.17) is 9.84 Å². The highest BCUT2D eigenvalue weighted by molar-refractivity contribution is 5.97. The number of nitro groups is 1. The lowest BCUT2D eigenvalue weighted by Gasteiger charge is -2.15. The molecular weight excluding hydrogens is 304 g/mol. The largest absolute Gasteiger partial charge is 0.496 e. The van der Waals surface area contributed by atoms with Crippen molar-refractivity contribution in [1.29, 1.82) is 0 Å². The summed E-state index contributed by atoms with van der Waals surface area (Å²) in [5, 5.41) is 22.6. The zero-order chi connectivity index (χ0) is 17.6. The Bertz CT molecular complexity index is 614. The summed E-state index contributed by atoms with van der Waals surface area (Å²) in [5.74, 6) is -1.62. The monoisotopic (exact) mass is 324 g/mol. The Hall–Kier alpha value is -2.64. The average Bonchev–Trinajstić information content (AvgIpc) is 2.50. The van der Waals surface area contributed by atoms with E-state index in [0.29, 0.717) is 18.4 Å². The number of ether oxygens (including phenoxy) is 1. The van der Waals surface area contributed by atoms with Gasteiger partial charge >= 0.3 is 5.97 Å². The number of hydrogen-bond donors (Lipinski definition) is 2. The number of hydrogen-bond acceptors (Lipinski definition) is 5. The standard InChI is InChI=1S/C15H20N2O6/c1-4-5-6-11(15(19)20)16-14(18)10-7-12(17(21)22)9(2)13(8-10)23-3/h7-8,11H,4-6H2,1-3H3,(H,16,18)(H,19,20). The van der Waals surface area contributed by atoms with Crippen molar-refractivity contribution in [1.82, 2.24) is 5.32 Å². The van der Waals surface area contributed by atoms with Crippen LogP contribution < -0.4 is 10.1 Å². The second-order valence-corrected chi connectivity index (χ2v) is 5.09. The second-order valence-electron chi connectivity index (χ2n) is 5.09. The summed E-state index contributed by atoms with van der Waals surface area (Å²) in [7, 11) is 1.34. The third-order valence-electron chi connectivity index (χ3n) is 3.46. The van der Waals surface area contributed by atoms with Gasteiger partial charge < -0.3 is 15.2 Å². The zero-order valence-corrected chi connectivity index (χ0v) is 13.3. The van der Waals surface area contributed by atoms with Gasteiger partial charge in [0.05, 0.1) is 17.6 Å². The van der Waals surface area contributed by atoms with Gasteiger partial charge in [-0.15, -0.1) is 0 Å². The molecule has 1 aromatic rings. The number of methoxy groups -OCH3 is 1. The predicted octanol–water partition coefficient (Wildman–Crippen LogP) is 2.29. The molecule has 0 saturated heterocycles. The molecule has 8 nitrogen and oxygen atoms in total. The van der Waals surface area contributed by atoms with E-state index in [-0.39, 0.29) is 17.0 Å². The quantitative estimate of drug-likeness (QED) is 0.559. The van der Waals surface area contributed by atoms with E-state index in [0.717, 1.165) is 12.5 Å². The Balaban J connectivity index is 3.09. The van der Waals surface area contributed by atoms with Crippen LogP contribution in [0.1, 0.15) is 42.1 Å². The molecule has 0 heterocycles. The fourth-order valence-corrected chi connectivity index (χ4v) is 2.11. The van der Waals surface area contributed by atoms with E-state index in [2.05, 4.69) is 5.32 Å². The molecule has 0 aliphatic heterocycles. The van der Waals surface area contributed by atoms with E-state index in [1.165, 1.54) is 20.1 Å². The van der Waals surface area contributed by atoms with E-state index in [1.54, 1.807) is 0 Å². The van der Waals surface area contributed by atoms with Gasteiger partial charge in [0.25, 0.3) is 11.6 Å². The maximum absolute atomic E-state index is 12.2. The molecular formula is C15H20N2O6. The molecule has 1 atom stereocenters. The van der Waals surface area contributed by atoms with E-state index >= 15 is 0 Å². The van der Waals surface area contributed by atoms with Gasteiger partial charge in [-0.3, -0.25) is 14.9 Å². The van der Waals surface area contributed by atoms with Gasteiger partial charge in [-0.25, -0.2) is 4.79 Å². The van der Waals surface area contributed by atoms with Crippen LogP contribution in [0.25, 0.3) is 0 Å². The van der Waals surface area contributed by atoms with Gasteiger partial charge in [0.1, 0.15) is 11.8 Å². The summed E-state index contributed by atoms with van der Waals surface area (Å²) in [6, 6.07) is 1.44. The molecule has 0 radical (unpaired) electrons. The van der Waals surface area contributed by atoms with Gasteiger partial charge in [-0.1, -0.05) is 19.8 Å². The highest BCUT2D eigenvalue weighted by Gasteiger charge is 2.23. The van der Waals surface area contributed by atoms with Crippen LogP contribution in [0.4, 0.5) is 5.69 Å². The Morgan fingerprint density at radius 3 is 2.57 bits per heavy atom. The fraction of sp³-hybridized carbons (Fsp3) is 0.467. The molecule has 1 aromatic carbocycles. The van der Waals surface area contributed by atoms with E-state index in [9.17, 15) is 19.7 Å². The van der Waals surface area contributed by atoms with Crippen molar-refractivity contribution in [2.75, 3.05) is 7.11 Å². The lowest BCUT2D eigenvalue weighted by atomic mass is 10.1. The van der Waals surface area contributed by atoms with Crippen molar-refractivity contribution in [2.24, 2.45) is 0 Å². The maximum atomic E-state index is 12.2. The molecule has 1 rings (SSSR count). The summed E-state index contributed by atoms with van der Waals surface area (Å²) in [5.41, 5.74) is 0.0339. The number of aliphatic carboxylic acids is 1. The van der Waals surface area contributed by atoms with Crippen LogP contribution in [-0.2, 0) is 4.79 Å². The van der Waals surface area contributed by atoms with Crippen molar-refractivity contribution < 1.29 is 24.4 Å². The Kier molecular flexibility index (Phi) is 6.49. The van der Waals surface area contributed by atoms with E-state index in [1.807, 2.05) is 6.92 Å². The summed E-state index contributed by atoms with van der Waals surface area (Å²) in [6.07, 6.45) is 1.74. The molecule has 8 heteroatoms. The zero-order valence-electron chi connectivity index (χ0n) is 13.3. The van der Waals surface area contributed by atoms with Gasteiger partial charge in [-0.2, -0.15) is 0 Å². The van der Waals surface area contributed by atoms with Crippen molar-refractivity contribution in [3.8, 4) is 5.75 Å². The second kappa shape index (κ2) is 8.11. The van der Waals surface area contributed by atoms with Crippen LogP contribution in [-0.4, -0.2) is 35.1 Å². The van der Waals surface area contributed by atoms with Crippen LogP contribution in [0.5, 0.6) is 5.75 Å². The molecule has 2 N–H and O–H groups in total. The van der Waals surface area contributed by atoms with E-state index < -0.39 is 22.8 Å². The van der Waals surface area contributed by atoms with Gasteiger partial charge in [-0.05, 0) is 19.4 Å². The van der Waals surface area contributed by atoms with Crippen LogP contribution >= 0.6 is 0 Å². The molecule has 1 unspecified atom stereocenters. The first-order valence-corrected chi connectivity index (χ1v) is 7.18. The Morgan fingerprint density at radius 1 is 1.43 bits per heavy atom. The van der Waals surface area contributed by atoms with Gasteiger partial charge in [0.15, 0.2) is 0 Å². The lowest BCUT2D eigenvalue weighted by Crippen LogP contribution is -2.40. The number of amides is 1. The van der Waals surface area contributed by atoms with Crippen molar-refractivity contribution >= 4 is 17.6 Å². The number of rotatable bonds is 8. The Morgan fingerprint density at radius 2 is 2.09 bits per heavy atom. The summed E-state index contributed by atoms with van der Waals surface area (Å²) < 4.78 is 5.04. The number of benzene rings is 1. The molecule has 0 aliphatic carbocycles. The number of nitrogens with one attached hydrogen (secondary N) is 1. The highest BCUT2D eigenvalue weighted by Crippen LogP contribution is 2.29. The number of carboxylic acid groups (broad SMARTS) is 1. The molecule has 0 aromatic heterocycles. The predicted molar refractivity (Wildman–Crippen MR) is 82.8 cm³/mol. The number of nitrogens with zero attached hydrogens (tertiary/aromatic N) is 1. The van der Waals surface area contributed by atoms with Crippen molar-refractivity contribution in [2.45, 2.75) is 39.2 Å². The van der Waals surface area contributed by atoms with Crippen molar-refractivity contribution in [3.05, 3.63) is 33.4 Å². The fourth-order valence-electron chi connectivity index (χ4n) is 2.11. The van der Waals surface area contributed by atoms with Crippen LogP contribution in [0.15, 0.2) is 12.1 Å². The first kappa shape index (κ1) is 18.4. The Labute approximate surface area is 133 Å². The maximum Gasteiger partial charge on any atom is 0.326 e. The molecule has 0 saturated carbocycles. The van der Waals surface area contributed by atoms with Crippen LogP contribution in [0.3, 0.4) is 0 Å². The molecule has 0 aliphatic rings. The minimum Gasteiger partial charge on any atom is -0.496 e. The first-order chi connectivity index (χ1) is 10.8. The number of carboxylic acids is 1. The van der Waals surface area contributed by atoms with Crippen LogP contribution in [0, 0.1) is 17.0 Å². The van der Waals surface area contributed by atoms with Gasteiger partial charge in [0.2, 0.25) is 0 Å². The SMILES string of the molecule is CCCCC(NC(=O)c1cc(OC)c(C)c([N+](=O)[O-])c1)C(=O)O. The minimum atomic E-state index is -1.14. The van der Waals surface area contributed by atoms with Crippen LogP contribution in [0.2, 0.25) is 0 Å². The molecule has 1 amide bonds. The summed E-state index contributed by atoms with van der Waals surface area (Å²) in [6.45, 7) is 3.43. The molecule has 126 valence electrons. The van der Waals surface area contributed by atoms with Gasteiger partial charge in [0, 0.05) is 11.6 Å². The molecule has 0 fully saturated rings. The number of nitro benzene ring substituents is 1. The first-order valence-electron chi connectivity index (χ1n) is 7.18. The minimum absolute atomic E-state index is 0.0121. The third kappa shape index (κ3) is 4.67. The third-order valence-corrected chi connectivity index (χ3v) is 3.46. The molecule has 23 heavy (non-hydrogen) atoms. The average molecular weight is 324 g/mol. The number of unbranched alkanes of at least 4 members (excludes halogenated alkanes) is 1. The van der Waals surface area contributed by atoms with Crippen molar-refractivity contribution in [3.63, 3.8) is 0 Å². The normalized spacial score (nSPS) is 11.6. The number of carbonyl (C=O) groups is 2. The molecule has 0 spiro atoms.